The lowest BCUT2D eigenvalue weighted by Crippen LogP contribution is -2.60. The average molecular weight is 312 g/mol. The maximum atomic E-state index is 12.6. The fourth-order valence-corrected chi connectivity index (χ4v) is 6.46. The lowest BCUT2D eigenvalue weighted by molar-refractivity contribution is -0.181. The molecule has 0 spiro atoms. The van der Waals surface area contributed by atoms with Crippen LogP contribution in [0.15, 0.2) is 0 Å². The van der Waals surface area contributed by atoms with Crippen molar-refractivity contribution in [3.63, 3.8) is 0 Å². The van der Waals surface area contributed by atoms with Crippen molar-refractivity contribution in [1.29, 1.82) is 0 Å². The second-order valence-corrected chi connectivity index (χ2v) is 9.33. The van der Waals surface area contributed by atoms with Gasteiger partial charge >= 0.3 is 15.6 Å². The highest BCUT2D eigenvalue weighted by Gasteiger charge is 2.64. The van der Waals surface area contributed by atoms with Gasteiger partial charge in [-0.1, -0.05) is 13.8 Å². The first-order chi connectivity index (χ1) is 8.86. The third-order valence-corrected chi connectivity index (χ3v) is 6.28. The summed E-state index contributed by atoms with van der Waals surface area (Å²) in [6, 6.07) is 0. The Hall–Kier alpha value is -0.300. The molecule has 4 bridgehead atoms. The summed E-state index contributed by atoms with van der Waals surface area (Å²) in [4.78, 5) is 0. The summed E-state index contributed by atoms with van der Waals surface area (Å²) in [5.41, 5.74) is -6.65. The van der Waals surface area contributed by atoms with Crippen LogP contribution in [-0.4, -0.2) is 19.5 Å². The molecule has 4 aliphatic carbocycles. The van der Waals surface area contributed by atoms with Crippen LogP contribution in [0.3, 0.4) is 0 Å². The molecule has 0 saturated heterocycles. The molecule has 0 N–H and O–H groups in total. The number of halogens is 3. The zero-order valence-electron chi connectivity index (χ0n) is 11.6. The molecule has 0 aliphatic heterocycles. The fraction of sp³-hybridized carbons (Fsp3) is 1.00. The quantitative estimate of drug-likeness (QED) is 0.578. The summed E-state index contributed by atoms with van der Waals surface area (Å²) in [6.07, 6.45) is 4.17. The highest BCUT2D eigenvalue weighted by Crippen LogP contribution is 2.67. The molecule has 0 amide bonds. The van der Waals surface area contributed by atoms with Crippen LogP contribution in [0.25, 0.3) is 0 Å². The van der Waals surface area contributed by atoms with Crippen LogP contribution in [-0.2, 0) is 14.3 Å². The van der Waals surface area contributed by atoms with Gasteiger partial charge in [-0.15, -0.1) is 0 Å². The predicted molar refractivity (Wildman–Crippen MR) is 66.2 cm³/mol. The first kappa shape index (κ1) is 14.6. The molecule has 0 aromatic rings. The van der Waals surface area contributed by atoms with E-state index < -0.39 is 21.2 Å². The summed E-state index contributed by atoms with van der Waals surface area (Å²) in [6.45, 7) is 4.10. The molecule has 116 valence electrons. The largest absolute Gasteiger partial charge is 0.523 e. The maximum Gasteiger partial charge on any atom is 0.523 e. The van der Waals surface area contributed by atoms with E-state index in [-0.39, 0.29) is 16.7 Å². The molecule has 20 heavy (non-hydrogen) atoms. The zero-order chi connectivity index (χ0) is 15.0. The third kappa shape index (κ3) is 2.17. The molecule has 2 atom stereocenters. The van der Waals surface area contributed by atoms with E-state index >= 15 is 0 Å². The molecular weight excluding hydrogens is 293 g/mol. The van der Waals surface area contributed by atoms with Crippen molar-refractivity contribution in [2.45, 2.75) is 63.5 Å². The summed E-state index contributed by atoms with van der Waals surface area (Å²) < 4.78 is 65.4. The van der Waals surface area contributed by atoms with Gasteiger partial charge in [0.05, 0.1) is 5.60 Å². The summed E-state index contributed by atoms with van der Waals surface area (Å²) >= 11 is 0. The molecule has 0 heterocycles. The Labute approximate surface area is 117 Å². The van der Waals surface area contributed by atoms with Gasteiger partial charge in [0, 0.05) is 0 Å². The van der Waals surface area contributed by atoms with Crippen molar-refractivity contribution in [3.8, 4) is 0 Å². The van der Waals surface area contributed by atoms with Gasteiger partial charge in [-0.3, -0.25) is 4.18 Å². The van der Waals surface area contributed by atoms with Crippen LogP contribution in [0, 0.1) is 16.7 Å². The number of hydrogen-bond donors (Lipinski definition) is 0. The molecule has 7 heteroatoms. The minimum Gasteiger partial charge on any atom is -0.256 e. The van der Waals surface area contributed by atoms with E-state index in [1.165, 1.54) is 0 Å². The second kappa shape index (κ2) is 3.72. The van der Waals surface area contributed by atoms with E-state index in [2.05, 4.69) is 0 Å². The topological polar surface area (TPSA) is 43.4 Å². The Bertz CT molecular complexity index is 522. The van der Waals surface area contributed by atoms with E-state index in [1.54, 1.807) is 0 Å². The molecule has 3 nitrogen and oxygen atoms in total. The Morgan fingerprint density at radius 1 is 1.00 bits per heavy atom. The minimum absolute atomic E-state index is 0.0880. The zero-order valence-corrected chi connectivity index (χ0v) is 12.4. The molecule has 0 radical (unpaired) electrons. The lowest BCUT2D eigenvalue weighted by atomic mass is 9.44. The van der Waals surface area contributed by atoms with Crippen molar-refractivity contribution >= 4 is 10.1 Å². The standard InChI is InChI=1S/C13H19F3O3S/c1-10-3-9-4-11(2,6-10)8-12(5-9,7-10)19-20(17,18)13(14,15)16/h9H,3-8H2,1-2H3. The molecular formula is C13H19F3O3S. The van der Waals surface area contributed by atoms with E-state index in [0.29, 0.717) is 19.3 Å². The van der Waals surface area contributed by atoms with Gasteiger partial charge in [0.1, 0.15) is 0 Å². The lowest BCUT2D eigenvalue weighted by Gasteiger charge is -2.64. The van der Waals surface area contributed by atoms with Crippen LogP contribution in [0.5, 0.6) is 0 Å². The number of rotatable bonds is 2. The highest BCUT2D eigenvalue weighted by molar-refractivity contribution is 7.87. The van der Waals surface area contributed by atoms with Crippen LogP contribution in [0.4, 0.5) is 13.2 Å². The normalized spacial score (nSPS) is 47.8. The molecule has 4 rings (SSSR count). The molecule has 4 fully saturated rings. The van der Waals surface area contributed by atoms with Gasteiger partial charge in [0.2, 0.25) is 0 Å². The third-order valence-electron chi connectivity index (χ3n) is 5.15. The van der Waals surface area contributed by atoms with Crippen LogP contribution in [0.1, 0.15) is 52.4 Å². The average Bonchev–Trinajstić information content (AvgIpc) is 2.05. The van der Waals surface area contributed by atoms with Gasteiger partial charge in [-0.2, -0.15) is 21.6 Å². The van der Waals surface area contributed by atoms with Gasteiger partial charge in [0.25, 0.3) is 0 Å². The van der Waals surface area contributed by atoms with Crippen LogP contribution in [0.2, 0.25) is 0 Å². The highest BCUT2D eigenvalue weighted by atomic mass is 32.2. The number of alkyl halides is 3. The molecule has 2 unspecified atom stereocenters. The molecule has 0 aromatic heterocycles. The molecule has 0 aromatic carbocycles. The summed E-state index contributed by atoms with van der Waals surface area (Å²) in [5, 5.41) is 0. The first-order valence-electron chi connectivity index (χ1n) is 6.88. The first-order valence-corrected chi connectivity index (χ1v) is 8.29. The van der Waals surface area contributed by atoms with E-state index in [9.17, 15) is 21.6 Å². The summed E-state index contributed by atoms with van der Waals surface area (Å²) in [7, 11) is -5.51. The predicted octanol–water partition coefficient (Wildman–Crippen LogP) is 3.60. The molecule has 4 saturated carbocycles. The number of hydrogen-bond acceptors (Lipinski definition) is 3. The van der Waals surface area contributed by atoms with Gasteiger partial charge in [0.15, 0.2) is 0 Å². The van der Waals surface area contributed by atoms with E-state index in [1.807, 2.05) is 13.8 Å². The maximum absolute atomic E-state index is 12.6. The van der Waals surface area contributed by atoms with Gasteiger partial charge < -0.3 is 0 Å². The Balaban J connectivity index is 1.94. The SMILES string of the molecule is CC12CC3CC(C)(C1)CC(OS(=O)(=O)C(F)(F)F)(C3)C2. The van der Waals surface area contributed by atoms with Crippen molar-refractivity contribution in [2.24, 2.45) is 16.7 Å². The Morgan fingerprint density at radius 2 is 1.50 bits per heavy atom. The Morgan fingerprint density at radius 3 is 1.90 bits per heavy atom. The van der Waals surface area contributed by atoms with Crippen molar-refractivity contribution in [2.75, 3.05) is 0 Å². The van der Waals surface area contributed by atoms with Crippen molar-refractivity contribution in [1.82, 2.24) is 0 Å². The van der Waals surface area contributed by atoms with Crippen molar-refractivity contribution in [3.05, 3.63) is 0 Å². The second-order valence-electron chi connectivity index (χ2n) is 7.80. The van der Waals surface area contributed by atoms with Gasteiger partial charge in [-0.25, -0.2) is 0 Å². The molecule has 4 aliphatic rings. The van der Waals surface area contributed by atoms with Crippen molar-refractivity contribution < 1.29 is 25.8 Å². The van der Waals surface area contributed by atoms with Crippen LogP contribution >= 0.6 is 0 Å². The minimum atomic E-state index is -5.51. The monoisotopic (exact) mass is 312 g/mol. The fourth-order valence-electron chi connectivity index (χ4n) is 5.72. The van der Waals surface area contributed by atoms with Gasteiger partial charge in [-0.05, 0) is 55.3 Å². The smallest absolute Gasteiger partial charge is 0.256 e. The summed E-state index contributed by atoms with van der Waals surface area (Å²) in [5.74, 6) is 0.282. The van der Waals surface area contributed by atoms with E-state index in [0.717, 1.165) is 19.3 Å². The van der Waals surface area contributed by atoms with Crippen LogP contribution < -0.4 is 0 Å². The van der Waals surface area contributed by atoms with E-state index in [4.69, 9.17) is 4.18 Å². The Kier molecular flexibility index (Phi) is 2.72.